The van der Waals surface area contributed by atoms with E-state index in [0.29, 0.717) is 5.69 Å². The summed E-state index contributed by atoms with van der Waals surface area (Å²) in [5.41, 5.74) is -0.323. The molecule has 0 aromatic carbocycles. The molecule has 3 nitrogen and oxygen atoms in total. The Morgan fingerprint density at radius 3 is 2.54 bits per heavy atom. The van der Waals surface area contributed by atoms with Crippen LogP contribution < -0.4 is 0 Å². The second-order valence-electron chi connectivity index (χ2n) is 2.75. The van der Waals surface area contributed by atoms with E-state index in [0.717, 1.165) is 6.92 Å². The molecule has 0 aliphatic carbocycles. The highest BCUT2D eigenvalue weighted by Crippen LogP contribution is 2.28. The van der Waals surface area contributed by atoms with Gasteiger partial charge >= 0.3 is 0 Å². The molecule has 0 atom stereocenters. The van der Waals surface area contributed by atoms with Gasteiger partial charge in [0.2, 0.25) is 0 Å². The van der Waals surface area contributed by atoms with Gasteiger partial charge in [0.15, 0.2) is 5.69 Å². The zero-order valence-corrected chi connectivity index (χ0v) is 7.17. The highest BCUT2D eigenvalue weighted by Gasteiger charge is 2.29. The van der Waals surface area contributed by atoms with Crippen LogP contribution in [-0.2, 0) is 5.92 Å². The average molecular weight is 183 g/mol. The minimum Gasteiger partial charge on any atom is -0.202 e. The highest BCUT2D eigenvalue weighted by molar-refractivity contribution is 5.33. The van der Waals surface area contributed by atoms with Gasteiger partial charge in [0.05, 0.1) is 11.3 Å². The summed E-state index contributed by atoms with van der Waals surface area (Å²) in [5, 5.41) is 15.4. The summed E-state index contributed by atoms with van der Waals surface area (Å²) in [6.45, 7) is 2.27. The molecule has 0 fully saturated rings. The van der Waals surface area contributed by atoms with Crippen molar-refractivity contribution in [3.8, 4) is 6.07 Å². The summed E-state index contributed by atoms with van der Waals surface area (Å²) in [6.07, 6.45) is 0. The molecule has 5 heteroatoms. The second kappa shape index (κ2) is 3.05. The maximum absolute atomic E-state index is 12.9. The van der Waals surface area contributed by atoms with Crippen molar-refractivity contribution in [3.05, 3.63) is 23.0 Å². The topological polar surface area (TPSA) is 49.6 Å². The number of hydrogen-bond acceptors (Lipinski definition) is 3. The monoisotopic (exact) mass is 183 g/mol. The van der Waals surface area contributed by atoms with Crippen LogP contribution in [0, 0.1) is 18.3 Å². The van der Waals surface area contributed by atoms with Crippen LogP contribution in [-0.4, -0.2) is 10.2 Å². The zero-order valence-electron chi connectivity index (χ0n) is 7.17. The van der Waals surface area contributed by atoms with Gasteiger partial charge in [-0.2, -0.15) is 10.4 Å². The van der Waals surface area contributed by atoms with Crippen LogP contribution in [0.3, 0.4) is 0 Å². The molecule has 13 heavy (non-hydrogen) atoms. The third kappa shape index (κ3) is 1.96. The molecule has 0 bridgehead atoms. The molecule has 0 radical (unpaired) electrons. The van der Waals surface area contributed by atoms with Crippen molar-refractivity contribution in [2.24, 2.45) is 0 Å². The zero-order chi connectivity index (χ0) is 10.1. The molecule has 1 aromatic heterocycles. The van der Waals surface area contributed by atoms with Crippen LogP contribution in [0.5, 0.6) is 0 Å². The fraction of sp³-hybridized carbons (Fsp3) is 0.375. The fourth-order valence-corrected chi connectivity index (χ4v) is 0.906. The summed E-state index contributed by atoms with van der Waals surface area (Å²) < 4.78 is 25.7. The van der Waals surface area contributed by atoms with Crippen LogP contribution >= 0.6 is 0 Å². The van der Waals surface area contributed by atoms with E-state index in [1.807, 2.05) is 0 Å². The Labute approximate surface area is 74.0 Å². The molecule has 0 aliphatic rings. The van der Waals surface area contributed by atoms with Crippen LogP contribution in [0.15, 0.2) is 6.07 Å². The number of aryl methyl sites for hydroxylation is 1. The Bertz CT molecular complexity index is 363. The van der Waals surface area contributed by atoms with Crippen molar-refractivity contribution in [2.45, 2.75) is 19.8 Å². The first kappa shape index (κ1) is 9.52. The second-order valence-corrected chi connectivity index (χ2v) is 2.75. The van der Waals surface area contributed by atoms with Gasteiger partial charge in [-0.15, -0.1) is 5.10 Å². The molecule has 1 rings (SSSR count). The molecule has 0 saturated carbocycles. The van der Waals surface area contributed by atoms with Crippen molar-refractivity contribution in [2.75, 3.05) is 0 Å². The molecule has 0 saturated heterocycles. The number of aromatic nitrogens is 2. The van der Waals surface area contributed by atoms with Crippen LogP contribution in [0.25, 0.3) is 0 Å². The molecule has 0 unspecified atom stereocenters. The predicted octanol–water partition coefficient (Wildman–Crippen LogP) is 1.77. The minimum atomic E-state index is -3.05. The Morgan fingerprint density at radius 1 is 1.46 bits per heavy atom. The third-order valence-electron chi connectivity index (χ3n) is 1.49. The van der Waals surface area contributed by atoms with E-state index in [2.05, 4.69) is 10.2 Å². The molecule has 68 valence electrons. The largest absolute Gasteiger partial charge is 0.273 e. The van der Waals surface area contributed by atoms with E-state index in [1.165, 1.54) is 6.07 Å². The number of nitriles is 1. The van der Waals surface area contributed by atoms with E-state index in [1.54, 1.807) is 13.0 Å². The Kier molecular flexibility index (Phi) is 2.24. The van der Waals surface area contributed by atoms with E-state index < -0.39 is 5.92 Å². The average Bonchev–Trinajstić information content (AvgIpc) is 2.03. The van der Waals surface area contributed by atoms with Gasteiger partial charge in [0.1, 0.15) is 6.07 Å². The lowest BCUT2D eigenvalue weighted by molar-refractivity contribution is 0.0165. The maximum Gasteiger partial charge on any atom is 0.273 e. The van der Waals surface area contributed by atoms with Crippen molar-refractivity contribution in [1.82, 2.24) is 10.2 Å². The molecule has 0 aliphatic heterocycles. The van der Waals surface area contributed by atoms with E-state index in [9.17, 15) is 8.78 Å². The summed E-state index contributed by atoms with van der Waals surface area (Å²) in [4.78, 5) is 0. The summed E-state index contributed by atoms with van der Waals surface area (Å²) >= 11 is 0. The van der Waals surface area contributed by atoms with Gasteiger partial charge < -0.3 is 0 Å². The SMILES string of the molecule is Cc1cc(C(C)(F)F)c(C#N)nn1. The fourth-order valence-electron chi connectivity index (χ4n) is 0.906. The number of rotatable bonds is 1. The molecular weight excluding hydrogens is 176 g/mol. The van der Waals surface area contributed by atoms with E-state index in [4.69, 9.17) is 5.26 Å². The van der Waals surface area contributed by atoms with E-state index in [-0.39, 0.29) is 11.3 Å². The normalized spacial score (nSPS) is 11.0. The summed E-state index contributed by atoms with van der Waals surface area (Å²) in [5.74, 6) is -3.05. The van der Waals surface area contributed by atoms with E-state index >= 15 is 0 Å². The Morgan fingerprint density at radius 2 is 2.08 bits per heavy atom. The smallest absolute Gasteiger partial charge is 0.202 e. The molecule has 1 aromatic rings. The van der Waals surface area contributed by atoms with Gasteiger partial charge in [0, 0.05) is 6.92 Å². The quantitative estimate of drug-likeness (QED) is 0.666. The Balaban J connectivity index is 3.35. The van der Waals surface area contributed by atoms with Crippen LogP contribution in [0.1, 0.15) is 23.9 Å². The first-order chi connectivity index (χ1) is 5.95. The van der Waals surface area contributed by atoms with Crippen LogP contribution in [0.4, 0.5) is 8.78 Å². The summed E-state index contributed by atoms with van der Waals surface area (Å²) in [6, 6.07) is 2.75. The van der Waals surface area contributed by atoms with Gasteiger partial charge in [-0.25, -0.2) is 8.78 Å². The lowest BCUT2D eigenvalue weighted by Gasteiger charge is -2.10. The first-order valence-corrected chi connectivity index (χ1v) is 3.58. The molecule has 1 heterocycles. The number of halogens is 2. The predicted molar refractivity (Wildman–Crippen MR) is 41.1 cm³/mol. The van der Waals surface area contributed by atoms with Crippen molar-refractivity contribution in [1.29, 1.82) is 5.26 Å². The minimum absolute atomic E-state index is 0.321. The lowest BCUT2D eigenvalue weighted by atomic mass is 10.1. The lowest BCUT2D eigenvalue weighted by Crippen LogP contribution is -2.12. The number of alkyl halides is 2. The van der Waals surface area contributed by atoms with Gasteiger partial charge in [-0.05, 0) is 13.0 Å². The van der Waals surface area contributed by atoms with Gasteiger partial charge in [-0.3, -0.25) is 0 Å². The molecule has 0 spiro atoms. The summed E-state index contributed by atoms with van der Waals surface area (Å²) in [7, 11) is 0. The molecular formula is C8H7F2N3. The standard InChI is InChI=1S/C8H7F2N3/c1-5-3-6(8(2,9)10)7(4-11)13-12-5/h3H,1-2H3. The maximum atomic E-state index is 12.9. The van der Waals surface area contributed by atoms with Crippen molar-refractivity contribution in [3.63, 3.8) is 0 Å². The highest BCUT2D eigenvalue weighted by atomic mass is 19.3. The van der Waals surface area contributed by atoms with Crippen molar-refractivity contribution >= 4 is 0 Å². The first-order valence-electron chi connectivity index (χ1n) is 3.58. The van der Waals surface area contributed by atoms with Gasteiger partial charge in [0.25, 0.3) is 5.92 Å². The Hall–Kier alpha value is -1.57. The van der Waals surface area contributed by atoms with Crippen molar-refractivity contribution < 1.29 is 8.78 Å². The van der Waals surface area contributed by atoms with Crippen LogP contribution in [0.2, 0.25) is 0 Å². The number of hydrogen-bond donors (Lipinski definition) is 0. The molecule has 0 amide bonds. The van der Waals surface area contributed by atoms with Gasteiger partial charge in [-0.1, -0.05) is 0 Å². The number of nitrogens with zero attached hydrogens (tertiary/aromatic N) is 3. The third-order valence-corrected chi connectivity index (χ3v) is 1.49. The molecule has 0 N–H and O–H groups in total.